The van der Waals surface area contributed by atoms with E-state index in [-0.39, 0.29) is 5.82 Å². The molecule has 0 bridgehead atoms. The van der Waals surface area contributed by atoms with Crippen LogP contribution in [0.4, 0.5) is 4.39 Å². The van der Waals surface area contributed by atoms with Crippen LogP contribution in [0.1, 0.15) is 31.4 Å². The monoisotopic (exact) mass is 248 g/mol. The first-order valence-electron chi connectivity index (χ1n) is 6.89. The zero-order chi connectivity index (χ0) is 12.6. The fourth-order valence-corrected chi connectivity index (χ4v) is 3.42. The van der Waals surface area contributed by atoms with E-state index in [1.807, 2.05) is 12.1 Å². The predicted octanol–water partition coefficient (Wildman–Crippen LogP) is 2.57. The number of hydrogen-bond donors (Lipinski definition) is 1. The molecule has 98 valence electrons. The van der Waals surface area contributed by atoms with Crippen molar-refractivity contribution in [3.8, 4) is 0 Å². The van der Waals surface area contributed by atoms with Crippen LogP contribution in [0.5, 0.6) is 0 Å². The van der Waals surface area contributed by atoms with Crippen molar-refractivity contribution >= 4 is 0 Å². The summed E-state index contributed by atoms with van der Waals surface area (Å²) in [7, 11) is 0. The van der Waals surface area contributed by atoms with Crippen LogP contribution in [0.25, 0.3) is 0 Å². The Hall–Kier alpha value is -0.930. The molecule has 2 atom stereocenters. The molecule has 0 saturated carbocycles. The molecule has 2 fully saturated rings. The van der Waals surface area contributed by atoms with Gasteiger partial charge in [0.25, 0.3) is 0 Å². The van der Waals surface area contributed by atoms with E-state index in [2.05, 4.69) is 17.1 Å². The van der Waals surface area contributed by atoms with Crippen molar-refractivity contribution in [2.75, 3.05) is 26.2 Å². The summed E-state index contributed by atoms with van der Waals surface area (Å²) in [6.45, 7) is 6.79. The molecule has 0 aliphatic carbocycles. The summed E-state index contributed by atoms with van der Waals surface area (Å²) in [5.41, 5.74) is 1.58. The van der Waals surface area contributed by atoms with E-state index in [4.69, 9.17) is 0 Å². The third kappa shape index (κ3) is 2.17. The molecule has 2 heterocycles. The normalized spacial score (nSPS) is 30.1. The van der Waals surface area contributed by atoms with Crippen molar-refractivity contribution < 1.29 is 4.39 Å². The lowest BCUT2D eigenvalue weighted by atomic mass is 9.86. The van der Waals surface area contributed by atoms with Gasteiger partial charge in [-0.2, -0.15) is 0 Å². The summed E-state index contributed by atoms with van der Waals surface area (Å²) < 4.78 is 13.3. The second-order valence-corrected chi connectivity index (χ2v) is 5.88. The van der Waals surface area contributed by atoms with Crippen molar-refractivity contribution in [3.63, 3.8) is 0 Å². The highest BCUT2D eigenvalue weighted by atomic mass is 19.1. The fraction of sp³-hybridized carbons (Fsp3) is 0.600. The SMILES string of the molecule is CC(c1cccc(F)c1)N1CCC2(CCNC2)C1. The standard InChI is InChI=1S/C15H21FN2/c1-12(13-3-2-4-14(16)9-13)18-8-6-15(11-18)5-7-17-10-15/h2-4,9,12,17H,5-8,10-11H2,1H3. The molecule has 2 nitrogen and oxygen atoms in total. The molecule has 0 amide bonds. The van der Waals surface area contributed by atoms with Crippen LogP contribution in [0.3, 0.4) is 0 Å². The molecule has 2 unspecified atom stereocenters. The minimum absolute atomic E-state index is 0.129. The number of nitrogens with zero attached hydrogens (tertiary/aromatic N) is 1. The third-order valence-electron chi connectivity index (χ3n) is 4.68. The van der Waals surface area contributed by atoms with Gasteiger partial charge in [0.1, 0.15) is 5.82 Å². The molecule has 1 aromatic rings. The number of nitrogens with one attached hydrogen (secondary N) is 1. The topological polar surface area (TPSA) is 15.3 Å². The lowest BCUT2D eigenvalue weighted by Crippen LogP contribution is -2.30. The van der Waals surface area contributed by atoms with Gasteiger partial charge in [0.15, 0.2) is 0 Å². The maximum atomic E-state index is 13.3. The van der Waals surface area contributed by atoms with Gasteiger partial charge >= 0.3 is 0 Å². The first-order valence-corrected chi connectivity index (χ1v) is 6.89. The number of likely N-dealkylation sites (tertiary alicyclic amines) is 1. The second kappa shape index (κ2) is 4.63. The van der Waals surface area contributed by atoms with Crippen LogP contribution in [0.2, 0.25) is 0 Å². The highest BCUT2D eigenvalue weighted by Crippen LogP contribution is 2.39. The Bertz CT molecular complexity index is 426. The molecule has 0 radical (unpaired) electrons. The van der Waals surface area contributed by atoms with Gasteiger partial charge in [-0.1, -0.05) is 12.1 Å². The van der Waals surface area contributed by atoms with Crippen LogP contribution in [0.15, 0.2) is 24.3 Å². The number of hydrogen-bond acceptors (Lipinski definition) is 2. The van der Waals surface area contributed by atoms with Crippen LogP contribution in [-0.2, 0) is 0 Å². The third-order valence-corrected chi connectivity index (χ3v) is 4.68. The molecule has 1 spiro atoms. The summed E-state index contributed by atoms with van der Waals surface area (Å²) in [4.78, 5) is 2.50. The molecule has 3 rings (SSSR count). The van der Waals surface area contributed by atoms with E-state index in [1.54, 1.807) is 6.07 Å². The number of benzene rings is 1. The molecule has 2 aliphatic heterocycles. The smallest absolute Gasteiger partial charge is 0.123 e. The van der Waals surface area contributed by atoms with Gasteiger partial charge in [-0.15, -0.1) is 0 Å². The highest BCUT2D eigenvalue weighted by Gasteiger charge is 2.41. The maximum Gasteiger partial charge on any atom is 0.123 e. The van der Waals surface area contributed by atoms with E-state index < -0.39 is 0 Å². The van der Waals surface area contributed by atoms with E-state index in [1.165, 1.54) is 18.9 Å². The molecule has 18 heavy (non-hydrogen) atoms. The van der Waals surface area contributed by atoms with Gasteiger partial charge in [-0.25, -0.2) is 4.39 Å². The molecular formula is C15H21FN2. The Balaban J connectivity index is 1.72. The van der Waals surface area contributed by atoms with Gasteiger partial charge in [-0.05, 0) is 56.0 Å². The summed E-state index contributed by atoms with van der Waals surface area (Å²) in [6.07, 6.45) is 2.57. The quantitative estimate of drug-likeness (QED) is 0.865. The van der Waals surface area contributed by atoms with Gasteiger partial charge in [-0.3, -0.25) is 4.90 Å². The first kappa shape index (κ1) is 12.1. The molecule has 1 aromatic carbocycles. The zero-order valence-corrected chi connectivity index (χ0v) is 11.0. The Morgan fingerprint density at radius 2 is 2.28 bits per heavy atom. The van der Waals surface area contributed by atoms with Gasteiger partial charge < -0.3 is 5.32 Å². The van der Waals surface area contributed by atoms with Gasteiger partial charge in [0, 0.05) is 19.1 Å². The summed E-state index contributed by atoms with van der Waals surface area (Å²) in [5, 5.41) is 3.48. The minimum atomic E-state index is -0.129. The lowest BCUT2D eigenvalue weighted by Gasteiger charge is -2.27. The van der Waals surface area contributed by atoms with Gasteiger partial charge in [0.2, 0.25) is 0 Å². The molecule has 0 aromatic heterocycles. The predicted molar refractivity (Wildman–Crippen MR) is 70.9 cm³/mol. The molecular weight excluding hydrogens is 227 g/mol. The fourth-order valence-electron chi connectivity index (χ4n) is 3.42. The maximum absolute atomic E-state index is 13.3. The molecule has 3 heteroatoms. The van der Waals surface area contributed by atoms with Crippen LogP contribution in [-0.4, -0.2) is 31.1 Å². The summed E-state index contributed by atoms with van der Waals surface area (Å²) in [5.74, 6) is -0.129. The number of halogens is 1. The molecule has 2 saturated heterocycles. The Morgan fingerprint density at radius 3 is 3.00 bits per heavy atom. The summed E-state index contributed by atoms with van der Waals surface area (Å²) in [6, 6.07) is 7.35. The van der Waals surface area contributed by atoms with Crippen molar-refractivity contribution in [1.82, 2.24) is 10.2 Å². The van der Waals surface area contributed by atoms with Crippen LogP contribution < -0.4 is 5.32 Å². The van der Waals surface area contributed by atoms with Crippen molar-refractivity contribution in [1.29, 1.82) is 0 Å². The van der Waals surface area contributed by atoms with E-state index in [9.17, 15) is 4.39 Å². The number of rotatable bonds is 2. The molecule has 2 aliphatic rings. The average Bonchev–Trinajstić information content (AvgIpc) is 3.00. The first-order chi connectivity index (χ1) is 8.69. The largest absolute Gasteiger partial charge is 0.316 e. The Morgan fingerprint density at radius 1 is 1.39 bits per heavy atom. The summed E-state index contributed by atoms with van der Waals surface area (Å²) >= 11 is 0. The average molecular weight is 248 g/mol. The van der Waals surface area contributed by atoms with Crippen molar-refractivity contribution in [2.45, 2.75) is 25.8 Å². The molecule has 1 N–H and O–H groups in total. The highest BCUT2D eigenvalue weighted by molar-refractivity contribution is 5.20. The zero-order valence-electron chi connectivity index (χ0n) is 11.0. The van der Waals surface area contributed by atoms with Gasteiger partial charge in [0.05, 0.1) is 0 Å². The Kier molecular flexibility index (Phi) is 3.12. The second-order valence-electron chi connectivity index (χ2n) is 5.88. The Labute approximate surface area is 108 Å². The van der Waals surface area contributed by atoms with E-state index in [0.29, 0.717) is 11.5 Å². The van der Waals surface area contributed by atoms with Crippen molar-refractivity contribution in [2.24, 2.45) is 5.41 Å². The van der Waals surface area contributed by atoms with Crippen LogP contribution >= 0.6 is 0 Å². The van der Waals surface area contributed by atoms with E-state index in [0.717, 1.165) is 31.7 Å². The van der Waals surface area contributed by atoms with Crippen molar-refractivity contribution in [3.05, 3.63) is 35.6 Å². The minimum Gasteiger partial charge on any atom is -0.316 e. The van der Waals surface area contributed by atoms with E-state index >= 15 is 0 Å². The lowest BCUT2D eigenvalue weighted by molar-refractivity contribution is 0.223. The van der Waals surface area contributed by atoms with Crippen LogP contribution in [0, 0.1) is 11.2 Å².